The van der Waals surface area contributed by atoms with E-state index < -0.39 is 41.7 Å². The molecule has 1 aromatic heterocycles. The minimum atomic E-state index is -4.97. The molecule has 6 rings (SSSR count). The Hall–Kier alpha value is -5.64. The number of piperidine rings is 1. The topological polar surface area (TPSA) is 151 Å². The molecule has 51 heavy (non-hydrogen) atoms. The fraction of sp³-hybridized carbons (Fsp3) is 0.265. The van der Waals surface area contributed by atoms with Crippen LogP contribution in [0.1, 0.15) is 57.4 Å². The number of carboxylic acid groups (broad SMARTS) is 1. The van der Waals surface area contributed by atoms with Crippen LogP contribution in [0.3, 0.4) is 0 Å². The second-order valence-electron chi connectivity index (χ2n) is 11.9. The Bertz CT molecular complexity index is 2010. The number of carboxylic acids is 1. The number of likely N-dealkylation sites (tertiary alicyclic amines) is 1. The maximum atomic E-state index is 15.2. The van der Waals surface area contributed by atoms with Crippen molar-refractivity contribution in [2.45, 2.75) is 37.4 Å². The van der Waals surface area contributed by atoms with Crippen molar-refractivity contribution in [3.8, 4) is 5.69 Å². The van der Waals surface area contributed by atoms with Gasteiger partial charge in [-0.1, -0.05) is 29.8 Å². The number of hydrogen-bond acceptors (Lipinski definition) is 7. The van der Waals surface area contributed by atoms with E-state index in [1.807, 2.05) is 6.07 Å². The third kappa shape index (κ3) is 7.31. The number of hydrogen-bond donors (Lipinski definition) is 2. The van der Waals surface area contributed by atoms with Crippen molar-refractivity contribution in [2.75, 3.05) is 25.0 Å². The van der Waals surface area contributed by atoms with Gasteiger partial charge in [-0.05, 0) is 94.8 Å². The minimum Gasteiger partial charge on any atom is -0.478 e. The predicted molar refractivity (Wildman–Crippen MR) is 174 cm³/mol. The molecule has 0 spiro atoms. The van der Waals surface area contributed by atoms with Gasteiger partial charge in [0.25, 0.3) is 5.91 Å². The molecule has 2 N–H and O–H groups in total. The molecule has 0 saturated carbocycles. The summed E-state index contributed by atoms with van der Waals surface area (Å²) in [6.07, 6.45) is -0.579. The Morgan fingerprint density at radius 1 is 0.961 bits per heavy atom. The third-order valence-electron chi connectivity index (χ3n) is 8.95. The van der Waals surface area contributed by atoms with Crippen LogP contribution < -0.4 is 5.32 Å². The van der Waals surface area contributed by atoms with Crippen LogP contribution in [0.4, 0.5) is 23.2 Å². The number of carbonyl (C=O) groups is 4. The number of aromatic carboxylic acids is 1. The summed E-state index contributed by atoms with van der Waals surface area (Å²) in [4.78, 5) is 53.2. The Morgan fingerprint density at radius 3 is 2.31 bits per heavy atom. The second kappa shape index (κ2) is 14.3. The molecule has 2 aliphatic heterocycles. The fourth-order valence-electron chi connectivity index (χ4n) is 6.52. The maximum Gasteiger partial charge on any atom is 0.471 e. The van der Waals surface area contributed by atoms with Crippen LogP contribution in [0.15, 0.2) is 67.0 Å². The molecule has 1 saturated heterocycles. The number of alkyl halides is 3. The Balaban J connectivity index is 1.32. The van der Waals surface area contributed by atoms with Crippen molar-refractivity contribution in [3.05, 3.63) is 106 Å². The molecule has 17 heteroatoms. The van der Waals surface area contributed by atoms with Gasteiger partial charge in [-0.2, -0.15) is 17.9 Å². The van der Waals surface area contributed by atoms with Crippen molar-refractivity contribution >= 4 is 47.1 Å². The first kappa shape index (κ1) is 35.2. The molecule has 0 radical (unpaired) electrons. The molecule has 3 heterocycles. The first-order chi connectivity index (χ1) is 24.3. The number of anilines is 1. The zero-order valence-corrected chi connectivity index (χ0v) is 27.2. The van der Waals surface area contributed by atoms with Crippen molar-refractivity contribution in [1.29, 1.82) is 0 Å². The SMILES string of the molecule is O=C(O)c1ccc(NC(=O)C2c3cccc(C4CCN(C(=O)C(F)(F)F)CC4)c3CCN2C(=O)/C=C/c2c(-n3cnnn3)ccc(Cl)c2F)cc1. The van der Waals surface area contributed by atoms with E-state index in [9.17, 15) is 37.5 Å². The number of aromatic nitrogens is 4. The number of nitrogens with zero attached hydrogens (tertiary/aromatic N) is 6. The molecule has 3 amide bonds. The summed E-state index contributed by atoms with van der Waals surface area (Å²) in [5.74, 6) is -5.33. The molecule has 264 valence electrons. The molecule has 12 nitrogen and oxygen atoms in total. The molecular weight excluding hydrogens is 698 g/mol. The van der Waals surface area contributed by atoms with Crippen molar-refractivity contribution < 1.29 is 41.8 Å². The van der Waals surface area contributed by atoms with Crippen LogP contribution in [0.5, 0.6) is 0 Å². The highest BCUT2D eigenvalue weighted by Crippen LogP contribution is 2.39. The van der Waals surface area contributed by atoms with E-state index in [1.165, 1.54) is 58.4 Å². The van der Waals surface area contributed by atoms with E-state index in [1.54, 1.807) is 12.1 Å². The van der Waals surface area contributed by atoms with E-state index in [2.05, 4.69) is 20.8 Å². The average Bonchev–Trinajstić information content (AvgIpc) is 3.66. The van der Waals surface area contributed by atoms with Crippen molar-refractivity contribution in [3.63, 3.8) is 0 Å². The van der Waals surface area contributed by atoms with Gasteiger partial charge in [0, 0.05) is 37.0 Å². The first-order valence-corrected chi connectivity index (χ1v) is 16.0. The van der Waals surface area contributed by atoms with Crippen LogP contribution in [-0.4, -0.2) is 84.6 Å². The number of carbonyl (C=O) groups excluding carboxylic acids is 3. The van der Waals surface area contributed by atoms with E-state index in [0.717, 1.165) is 22.1 Å². The highest BCUT2D eigenvalue weighted by atomic mass is 35.5. The summed E-state index contributed by atoms with van der Waals surface area (Å²) >= 11 is 6.04. The molecule has 4 aromatic rings. The largest absolute Gasteiger partial charge is 0.478 e. The van der Waals surface area contributed by atoms with Gasteiger partial charge in [-0.3, -0.25) is 14.4 Å². The van der Waals surface area contributed by atoms with Crippen molar-refractivity contribution in [2.24, 2.45) is 0 Å². The van der Waals surface area contributed by atoms with Crippen LogP contribution in [0.25, 0.3) is 11.8 Å². The predicted octanol–water partition coefficient (Wildman–Crippen LogP) is 5.20. The van der Waals surface area contributed by atoms with E-state index >= 15 is 4.39 Å². The van der Waals surface area contributed by atoms with Gasteiger partial charge < -0.3 is 20.2 Å². The summed E-state index contributed by atoms with van der Waals surface area (Å²) in [7, 11) is 0. The van der Waals surface area contributed by atoms with Crippen LogP contribution in [0, 0.1) is 5.82 Å². The lowest BCUT2D eigenvalue weighted by molar-refractivity contribution is -0.186. The molecule has 1 unspecified atom stereocenters. The monoisotopic (exact) mass is 725 g/mol. The van der Waals surface area contributed by atoms with Crippen molar-refractivity contribution in [1.82, 2.24) is 30.0 Å². The zero-order chi connectivity index (χ0) is 36.4. The zero-order valence-electron chi connectivity index (χ0n) is 26.5. The van der Waals surface area contributed by atoms with Crippen LogP contribution in [-0.2, 0) is 20.8 Å². The number of nitrogens with one attached hydrogen (secondary N) is 1. The minimum absolute atomic E-state index is 0.000124. The molecular formula is C34H28ClF4N7O5. The highest BCUT2D eigenvalue weighted by Gasteiger charge is 2.44. The standard InChI is InChI=1S/C34H28ClF4N7O5/c35-26-9-10-27(46-18-40-42-43-46)25(29(26)36)8-11-28(47)45-17-14-23-22(19-12-15-44(16-13-19)33(51)34(37,38)39)2-1-3-24(23)30(45)31(48)41-21-6-4-20(5-7-21)32(49)50/h1-11,18-19,30H,12-17H2,(H,41,48)(H,49,50)/b11-8+. The summed E-state index contributed by atoms with van der Waals surface area (Å²) in [5, 5.41) is 22.7. The molecule has 2 aliphatic rings. The summed E-state index contributed by atoms with van der Waals surface area (Å²) < 4.78 is 55.6. The fourth-order valence-corrected chi connectivity index (χ4v) is 6.68. The van der Waals surface area contributed by atoms with E-state index in [4.69, 9.17) is 11.6 Å². The molecule has 1 atom stereocenters. The van der Waals surface area contributed by atoms with Gasteiger partial charge in [0.1, 0.15) is 12.4 Å². The number of tetrazole rings is 1. The van der Waals surface area contributed by atoms with E-state index in [0.29, 0.717) is 12.0 Å². The van der Waals surface area contributed by atoms with Gasteiger partial charge >= 0.3 is 18.1 Å². The normalized spacial score (nSPS) is 16.6. The molecule has 1 fully saturated rings. The molecule has 3 aromatic carbocycles. The number of benzene rings is 3. The van der Waals surface area contributed by atoms with Gasteiger partial charge in [0.15, 0.2) is 5.82 Å². The molecule has 0 aliphatic carbocycles. The third-order valence-corrected chi connectivity index (χ3v) is 9.24. The summed E-state index contributed by atoms with van der Waals surface area (Å²) in [5.41, 5.74) is 2.43. The van der Waals surface area contributed by atoms with Gasteiger partial charge in [-0.15, -0.1) is 5.10 Å². The van der Waals surface area contributed by atoms with Crippen LogP contribution in [0.2, 0.25) is 5.02 Å². The number of fused-ring (bicyclic) bond motifs is 1. The lowest BCUT2D eigenvalue weighted by Gasteiger charge is -2.39. The number of amides is 3. The summed E-state index contributed by atoms with van der Waals surface area (Å²) in [6, 6.07) is 12.2. The maximum absolute atomic E-state index is 15.2. The second-order valence-corrected chi connectivity index (χ2v) is 12.3. The Kier molecular flexibility index (Phi) is 9.87. The Morgan fingerprint density at radius 2 is 1.67 bits per heavy atom. The van der Waals surface area contributed by atoms with Crippen LogP contribution >= 0.6 is 11.6 Å². The lowest BCUT2D eigenvalue weighted by Crippen LogP contribution is -2.46. The molecule has 0 bridgehead atoms. The lowest BCUT2D eigenvalue weighted by atomic mass is 9.80. The average molecular weight is 726 g/mol. The van der Waals surface area contributed by atoms with Gasteiger partial charge in [0.05, 0.1) is 16.3 Å². The smallest absolute Gasteiger partial charge is 0.471 e. The highest BCUT2D eigenvalue weighted by molar-refractivity contribution is 6.31. The first-order valence-electron chi connectivity index (χ1n) is 15.7. The summed E-state index contributed by atoms with van der Waals surface area (Å²) in [6.45, 7) is -0.136. The van der Waals surface area contributed by atoms with E-state index in [-0.39, 0.29) is 65.9 Å². The number of rotatable bonds is 7. The van der Waals surface area contributed by atoms with Gasteiger partial charge in [0.2, 0.25) is 5.91 Å². The Labute approximate surface area is 292 Å². The van der Waals surface area contributed by atoms with Gasteiger partial charge in [-0.25, -0.2) is 9.18 Å². The number of halogens is 5. The quantitative estimate of drug-likeness (QED) is 0.195.